The molecule has 0 bridgehead atoms. The second-order valence-corrected chi connectivity index (χ2v) is 6.90. The molecule has 2 rings (SSSR count). The zero-order valence-corrected chi connectivity index (χ0v) is 13.4. The van der Waals surface area contributed by atoms with E-state index in [9.17, 15) is 0 Å². The summed E-state index contributed by atoms with van der Waals surface area (Å²) < 4.78 is 5.93. The summed E-state index contributed by atoms with van der Waals surface area (Å²) in [5.74, 6) is 2.42. The highest BCUT2D eigenvalue weighted by Crippen LogP contribution is 2.64. The van der Waals surface area contributed by atoms with Crippen LogP contribution in [0.2, 0.25) is 0 Å². The minimum absolute atomic E-state index is 0.553. The van der Waals surface area contributed by atoms with Gasteiger partial charge in [-0.15, -0.1) is 0 Å². The average Bonchev–Trinajstić information content (AvgIpc) is 2.91. The monoisotopic (exact) mass is 265 g/mol. The van der Waals surface area contributed by atoms with Gasteiger partial charge in [0.05, 0.1) is 13.2 Å². The second-order valence-electron chi connectivity index (χ2n) is 6.90. The molecule has 3 atom stereocenters. The molecule has 2 aliphatic carbocycles. The molecule has 0 heterocycles. The lowest BCUT2D eigenvalue weighted by Gasteiger charge is -2.23. The third-order valence-electron chi connectivity index (χ3n) is 5.53. The van der Waals surface area contributed by atoms with Crippen molar-refractivity contribution in [3.8, 4) is 0 Å². The Labute approximate surface area is 119 Å². The van der Waals surface area contributed by atoms with Crippen LogP contribution < -0.4 is 0 Å². The molecule has 0 amide bonds. The molecule has 1 saturated carbocycles. The fraction of sp³-hybridized carbons (Fsp3) is 0.882. The summed E-state index contributed by atoms with van der Waals surface area (Å²) in [5.41, 5.74) is 2.12. The normalized spacial score (nSPS) is 32.1. The quantitative estimate of drug-likeness (QED) is 0.515. The van der Waals surface area contributed by atoms with Crippen molar-refractivity contribution < 1.29 is 4.74 Å². The number of likely N-dealkylation sites (N-methyl/N-ethyl adjacent to an activating group) is 1. The van der Waals surface area contributed by atoms with Gasteiger partial charge in [-0.05, 0) is 43.7 Å². The topological polar surface area (TPSA) is 12.5 Å². The van der Waals surface area contributed by atoms with Crippen molar-refractivity contribution in [2.24, 2.45) is 23.2 Å². The van der Waals surface area contributed by atoms with E-state index in [4.69, 9.17) is 4.74 Å². The van der Waals surface area contributed by atoms with Crippen molar-refractivity contribution in [2.75, 3.05) is 32.8 Å². The Kier molecular flexibility index (Phi) is 4.73. The van der Waals surface area contributed by atoms with E-state index in [1.165, 1.54) is 6.42 Å². The van der Waals surface area contributed by atoms with Crippen LogP contribution >= 0.6 is 0 Å². The van der Waals surface area contributed by atoms with Crippen molar-refractivity contribution in [2.45, 2.75) is 41.0 Å². The molecular weight excluding hydrogens is 234 g/mol. The third kappa shape index (κ3) is 3.22. The molecule has 19 heavy (non-hydrogen) atoms. The van der Waals surface area contributed by atoms with Gasteiger partial charge in [0.2, 0.25) is 0 Å². The highest BCUT2D eigenvalue weighted by molar-refractivity contribution is 5.24. The molecule has 1 fully saturated rings. The average molecular weight is 265 g/mol. The maximum atomic E-state index is 5.93. The van der Waals surface area contributed by atoms with Crippen LogP contribution in [0.5, 0.6) is 0 Å². The standard InChI is InChI=1S/C17H31NO/c1-6-18(7-2)8-9-19-12-14-11-16-15(10-13(14)3)17(16,4)5/h10,14-16H,6-9,11-12H2,1-5H3. The molecule has 0 spiro atoms. The Morgan fingerprint density at radius 2 is 2.00 bits per heavy atom. The summed E-state index contributed by atoms with van der Waals surface area (Å²) in [4.78, 5) is 2.42. The number of rotatable bonds is 7. The molecule has 110 valence electrons. The van der Waals surface area contributed by atoms with Crippen LogP contribution in [0.4, 0.5) is 0 Å². The SMILES string of the molecule is CCN(CC)CCOCC1CC2C(C=C1C)C2(C)C. The number of hydrogen-bond donors (Lipinski definition) is 0. The number of allylic oxidation sites excluding steroid dienone is 1. The van der Waals surface area contributed by atoms with Gasteiger partial charge in [-0.3, -0.25) is 0 Å². The highest BCUT2D eigenvalue weighted by Gasteiger charge is 2.58. The van der Waals surface area contributed by atoms with Crippen molar-refractivity contribution in [3.63, 3.8) is 0 Å². The van der Waals surface area contributed by atoms with Crippen LogP contribution in [0.3, 0.4) is 0 Å². The van der Waals surface area contributed by atoms with Gasteiger partial charge in [-0.25, -0.2) is 0 Å². The molecule has 0 aliphatic heterocycles. The Morgan fingerprint density at radius 3 is 2.63 bits per heavy atom. The van der Waals surface area contributed by atoms with Crippen LogP contribution in [0.25, 0.3) is 0 Å². The number of fused-ring (bicyclic) bond motifs is 1. The minimum atomic E-state index is 0.553. The first-order chi connectivity index (χ1) is 9.00. The summed E-state index contributed by atoms with van der Waals surface area (Å²) >= 11 is 0. The van der Waals surface area contributed by atoms with Crippen LogP contribution in [0, 0.1) is 23.2 Å². The molecular formula is C17H31NO. The van der Waals surface area contributed by atoms with E-state index in [2.05, 4.69) is 45.6 Å². The van der Waals surface area contributed by atoms with Crippen molar-refractivity contribution in [1.82, 2.24) is 4.90 Å². The van der Waals surface area contributed by atoms with Gasteiger partial charge in [0.25, 0.3) is 0 Å². The van der Waals surface area contributed by atoms with Crippen LogP contribution in [-0.4, -0.2) is 37.7 Å². The smallest absolute Gasteiger partial charge is 0.0593 e. The van der Waals surface area contributed by atoms with Gasteiger partial charge in [0.15, 0.2) is 0 Å². The van der Waals surface area contributed by atoms with E-state index in [-0.39, 0.29) is 0 Å². The Hall–Kier alpha value is -0.340. The Balaban J connectivity index is 1.70. The fourth-order valence-corrected chi connectivity index (χ4v) is 3.64. The highest BCUT2D eigenvalue weighted by atomic mass is 16.5. The van der Waals surface area contributed by atoms with Gasteiger partial charge >= 0.3 is 0 Å². The summed E-state index contributed by atoms with van der Waals surface area (Å²) in [6.07, 6.45) is 3.86. The summed E-state index contributed by atoms with van der Waals surface area (Å²) in [6.45, 7) is 16.7. The fourth-order valence-electron chi connectivity index (χ4n) is 3.64. The molecule has 0 aromatic rings. The predicted molar refractivity (Wildman–Crippen MR) is 81.2 cm³/mol. The van der Waals surface area contributed by atoms with Crippen molar-refractivity contribution in [3.05, 3.63) is 11.6 Å². The van der Waals surface area contributed by atoms with Crippen LogP contribution in [-0.2, 0) is 4.74 Å². The van der Waals surface area contributed by atoms with Gasteiger partial charge < -0.3 is 9.64 Å². The zero-order chi connectivity index (χ0) is 14.0. The van der Waals surface area contributed by atoms with Crippen LogP contribution in [0.15, 0.2) is 11.6 Å². The molecule has 3 unspecified atom stereocenters. The van der Waals surface area contributed by atoms with Gasteiger partial charge in [0.1, 0.15) is 0 Å². The van der Waals surface area contributed by atoms with E-state index < -0.39 is 0 Å². The molecule has 0 radical (unpaired) electrons. The lowest BCUT2D eigenvalue weighted by Crippen LogP contribution is -2.28. The lowest BCUT2D eigenvalue weighted by atomic mass is 9.89. The Bertz CT molecular complexity index is 330. The van der Waals surface area contributed by atoms with E-state index in [1.54, 1.807) is 5.57 Å². The maximum Gasteiger partial charge on any atom is 0.0593 e. The summed E-state index contributed by atoms with van der Waals surface area (Å²) in [6, 6.07) is 0. The molecule has 0 aromatic carbocycles. The summed E-state index contributed by atoms with van der Waals surface area (Å²) in [7, 11) is 0. The van der Waals surface area contributed by atoms with E-state index in [1.807, 2.05) is 0 Å². The molecule has 2 heteroatoms. The second kappa shape index (κ2) is 5.97. The molecule has 2 aliphatic rings. The first-order valence-electron chi connectivity index (χ1n) is 7.99. The zero-order valence-electron chi connectivity index (χ0n) is 13.4. The van der Waals surface area contributed by atoms with Gasteiger partial charge in [-0.2, -0.15) is 0 Å². The first kappa shape index (κ1) is 15.1. The summed E-state index contributed by atoms with van der Waals surface area (Å²) in [5, 5.41) is 0. The predicted octanol–water partition coefficient (Wildman–Crippen LogP) is 3.58. The third-order valence-corrected chi connectivity index (χ3v) is 5.53. The van der Waals surface area contributed by atoms with Crippen LogP contribution in [0.1, 0.15) is 41.0 Å². The molecule has 0 N–H and O–H groups in total. The Morgan fingerprint density at radius 1 is 1.32 bits per heavy atom. The first-order valence-corrected chi connectivity index (χ1v) is 7.99. The van der Waals surface area contributed by atoms with Crippen molar-refractivity contribution in [1.29, 1.82) is 0 Å². The molecule has 2 nitrogen and oxygen atoms in total. The maximum absolute atomic E-state index is 5.93. The van der Waals surface area contributed by atoms with E-state index in [0.717, 1.165) is 44.7 Å². The largest absolute Gasteiger partial charge is 0.380 e. The van der Waals surface area contributed by atoms with Gasteiger partial charge in [-0.1, -0.05) is 39.3 Å². The van der Waals surface area contributed by atoms with Gasteiger partial charge in [0, 0.05) is 12.5 Å². The lowest BCUT2D eigenvalue weighted by molar-refractivity contribution is 0.0826. The minimum Gasteiger partial charge on any atom is -0.380 e. The van der Waals surface area contributed by atoms with Crippen molar-refractivity contribution >= 4 is 0 Å². The molecule has 0 saturated heterocycles. The number of ether oxygens (including phenoxy) is 1. The van der Waals surface area contributed by atoms with E-state index >= 15 is 0 Å². The number of nitrogens with zero attached hydrogens (tertiary/aromatic N) is 1. The van der Waals surface area contributed by atoms with E-state index in [0.29, 0.717) is 11.3 Å². The molecule has 0 aromatic heterocycles. The number of hydrogen-bond acceptors (Lipinski definition) is 2.